The van der Waals surface area contributed by atoms with Crippen LogP contribution in [0.15, 0.2) is 109 Å². The predicted octanol–water partition coefficient (Wildman–Crippen LogP) is 5.08. The minimum atomic E-state index is -1.20. The van der Waals surface area contributed by atoms with Gasteiger partial charge in [-0.2, -0.15) is 0 Å². The minimum Gasteiger partial charge on any atom is -0.348 e. The molecule has 1 aliphatic heterocycles. The molecule has 0 atom stereocenters. The van der Waals surface area contributed by atoms with E-state index >= 15 is 0 Å². The zero-order valence-corrected chi connectivity index (χ0v) is 20.7. The summed E-state index contributed by atoms with van der Waals surface area (Å²) in [4.78, 5) is 28.2. The Hall–Kier alpha value is -4.42. The van der Waals surface area contributed by atoms with Crippen molar-refractivity contribution in [2.24, 2.45) is 0 Å². The van der Waals surface area contributed by atoms with E-state index in [2.05, 4.69) is 10.6 Å². The van der Waals surface area contributed by atoms with Crippen molar-refractivity contribution in [1.82, 2.24) is 15.5 Å². The fourth-order valence-electron chi connectivity index (χ4n) is 4.57. The fourth-order valence-corrected chi connectivity index (χ4v) is 4.69. The number of carbonyl (C=O) groups excluding carboxylic acids is 2. The maximum Gasteiger partial charge on any atom is 0.264 e. The smallest absolute Gasteiger partial charge is 0.264 e. The second-order valence-corrected chi connectivity index (χ2v) is 9.29. The molecule has 0 saturated carbocycles. The second kappa shape index (κ2) is 10.3. The SMILES string of the molecule is N=C1NC(c2ccccc2)(c2ccccc2)C(=O)N1Cc1cccc(C(=O)NCc2ccc(Cl)cc2)c1. The number of amides is 2. The van der Waals surface area contributed by atoms with Crippen LogP contribution in [0.5, 0.6) is 0 Å². The van der Waals surface area contributed by atoms with Gasteiger partial charge in [-0.1, -0.05) is 96.5 Å². The van der Waals surface area contributed by atoms with Gasteiger partial charge in [-0.3, -0.25) is 19.9 Å². The van der Waals surface area contributed by atoms with Gasteiger partial charge in [0.2, 0.25) is 0 Å². The zero-order valence-electron chi connectivity index (χ0n) is 19.9. The van der Waals surface area contributed by atoms with Crippen molar-refractivity contribution < 1.29 is 9.59 Å². The van der Waals surface area contributed by atoms with Gasteiger partial charge in [0.15, 0.2) is 11.5 Å². The van der Waals surface area contributed by atoms with Crippen LogP contribution in [0.3, 0.4) is 0 Å². The lowest BCUT2D eigenvalue weighted by Crippen LogP contribution is -2.45. The van der Waals surface area contributed by atoms with Gasteiger partial charge in [0.05, 0.1) is 6.54 Å². The van der Waals surface area contributed by atoms with Crippen molar-refractivity contribution in [3.05, 3.63) is 142 Å². The summed E-state index contributed by atoms with van der Waals surface area (Å²) < 4.78 is 0. The van der Waals surface area contributed by atoms with E-state index in [0.717, 1.165) is 22.3 Å². The number of carbonyl (C=O) groups is 2. The van der Waals surface area contributed by atoms with Crippen LogP contribution in [0.2, 0.25) is 5.02 Å². The summed E-state index contributed by atoms with van der Waals surface area (Å²) in [5, 5.41) is 15.4. The molecule has 3 N–H and O–H groups in total. The van der Waals surface area contributed by atoms with Gasteiger partial charge in [-0.25, -0.2) is 0 Å². The lowest BCUT2D eigenvalue weighted by molar-refractivity contribution is -0.130. The van der Waals surface area contributed by atoms with Crippen molar-refractivity contribution in [3.8, 4) is 0 Å². The lowest BCUT2D eigenvalue weighted by atomic mass is 9.82. The van der Waals surface area contributed by atoms with Gasteiger partial charge in [0, 0.05) is 17.1 Å². The summed E-state index contributed by atoms with van der Waals surface area (Å²) in [5.41, 5.74) is 2.48. The Morgan fingerprint density at radius 3 is 2.08 bits per heavy atom. The van der Waals surface area contributed by atoms with Gasteiger partial charge in [0.25, 0.3) is 11.8 Å². The minimum absolute atomic E-state index is 0.00954. The zero-order chi connectivity index (χ0) is 25.8. The number of rotatable bonds is 7. The van der Waals surface area contributed by atoms with E-state index in [4.69, 9.17) is 17.0 Å². The number of halogens is 1. The highest BCUT2D eigenvalue weighted by atomic mass is 35.5. The molecular weight excluding hydrogens is 484 g/mol. The van der Waals surface area contributed by atoms with E-state index in [1.807, 2.05) is 78.9 Å². The van der Waals surface area contributed by atoms with Crippen LogP contribution < -0.4 is 10.6 Å². The first-order valence-corrected chi connectivity index (χ1v) is 12.3. The van der Waals surface area contributed by atoms with Crippen LogP contribution in [-0.4, -0.2) is 22.7 Å². The van der Waals surface area contributed by atoms with Crippen LogP contribution in [0.4, 0.5) is 0 Å². The van der Waals surface area contributed by atoms with Crippen molar-refractivity contribution >= 4 is 29.4 Å². The number of hydrogen-bond donors (Lipinski definition) is 3. The molecule has 7 heteroatoms. The van der Waals surface area contributed by atoms with Crippen molar-refractivity contribution in [2.75, 3.05) is 0 Å². The summed E-state index contributed by atoms with van der Waals surface area (Å²) in [5.74, 6) is -0.455. The molecule has 1 aliphatic rings. The Bertz CT molecular complexity index is 1400. The van der Waals surface area contributed by atoms with E-state index in [1.54, 1.807) is 30.3 Å². The standard InChI is InChI=1S/C30H25ClN4O2/c31-26-16-14-21(15-17-26)19-33-27(36)23-9-7-8-22(18-23)20-35-28(37)30(34-29(35)32,24-10-3-1-4-11-24)25-12-5-2-6-13-25/h1-18H,19-20H2,(H2,32,34)(H,33,36). The Balaban J connectivity index is 1.37. The molecule has 4 aromatic rings. The van der Waals surface area contributed by atoms with E-state index in [-0.39, 0.29) is 24.3 Å². The van der Waals surface area contributed by atoms with Gasteiger partial charge >= 0.3 is 0 Å². The number of guanidine groups is 1. The van der Waals surface area contributed by atoms with Crippen molar-refractivity contribution in [2.45, 2.75) is 18.6 Å². The number of hydrogen-bond acceptors (Lipinski definition) is 3. The highest BCUT2D eigenvalue weighted by molar-refractivity contribution is 6.30. The number of nitrogens with one attached hydrogen (secondary N) is 3. The molecule has 0 aliphatic carbocycles. The van der Waals surface area contributed by atoms with E-state index < -0.39 is 5.54 Å². The average molecular weight is 509 g/mol. The number of nitrogens with zero attached hydrogens (tertiary/aromatic N) is 1. The first kappa shape index (κ1) is 24.3. The molecular formula is C30H25ClN4O2. The summed E-state index contributed by atoms with van der Waals surface area (Å²) >= 11 is 5.93. The molecule has 4 aromatic carbocycles. The lowest BCUT2D eigenvalue weighted by Gasteiger charge is -2.28. The first-order valence-electron chi connectivity index (χ1n) is 11.9. The monoisotopic (exact) mass is 508 g/mol. The summed E-state index contributed by atoms with van der Waals surface area (Å²) in [7, 11) is 0. The van der Waals surface area contributed by atoms with Crippen LogP contribution >= 0.6 is 11.6 Å². The topological polar surface area (TPSA) is 85.3 Å². The summed E-state index contributed by atoms with van der Waals surface area (Å²) in [6.45, 7) is 0.528. The number of benzene rings is 4. The molecule has 0 bridgehead atoms. The molecule has 184 valence electrons. The van der Waals surface area contributed by atoms with Crippen molar-refractivity contribution in [1.29, 1.82) is 5.41 Å². The molecule has 0 radical (unpaired) electrons. The molecule has 0 unspecified atom stereocenters. The molecule has 0 spiro atoms. The first-order chi connectivity index (χ1) is 18.0. The second-order valence-electron chi connectivity index (χ2n) is 8.86. The van der Waals surface area contributed by atoms with Crippen LogP contribution in [0, 0.1) is 5.41 Å². The van der Waals surface area contributed by atoms with Crippen molar-refractivity contribution in [3.63, 3.8) is 0 Å². The largest absolute Gasteiger partial charge is 0.348 e. The maximum absolute atomic E-state index is 14.0. The van der Waals surface area contributed by atoms with Crippen LogP contribution in [0.25, 0.3) is 0 Å². The fraction of sp³-hybridized carbons (Fsp3) is 0.100. The van der Waals surface area contributed by atoms with Crippen LogP contribution in [-0.2, 0) is 23.4 Å². The molecule has 5 rings (SSSR count). The van der Waals surface area contributed by atoms with Gasteiger partial charge in [-0.15, -0.1) is 0 Å². The third kappa shape index (κ3) is 4.84. The normalized spacial score (nSPS) is 14.4. The highest BCUT2D eigenvalue weighted by Gasteiger charge is 2.52. The molecule has 37 heavy (non-hydrogen) atoms. The predicted molar refractivity (Wildman–Crippen MR) is 144 cm³/mol. The summed E-state index contributed by atoms with van der Waals surface area (Å²) in [6, 6.07) is 33.3. The molecule has 6 nitrogen and oxygen atoms in total. The molecule has 2 amide bonds. The third-order valence-corrected chi connectivity index (χ3v) is 6.70. The van der Waals surface area contributed by atoms with E-state index in [1.165, 1.54) is 4.90 Å². The Morgan fingerprint density at radius 1 is 0.838 bits per heavy atom. The Kier molecular flexibility index (Phi) is 6.75. The highest BCUT2D eigenvalue weighted by Crippen LogP contribution is 2.36. The van der Waals surface area contributed by atoms with E-state index in [0.29, 0.717) is 17.1 Å². The summed E-state index contributed by atoms with van der Waals surface area (Å²) in [6.07, 6.45) is 0. The quantitative estimate of drug-likeness (QED) is 0.325. The van der Waals surface area contributed by atoms with Gasteiger partial charge in [-0.05, 0) is 46.5 Å². The Morgan fingerprint density at radius 2 is 1.46 bits per heavy atom. The molecule has 0 aromatic heterocycles. The molecule has 1 fully saturated rings. The van der Waals surface area contributed by atoms with Gasteiger partial charge < -0.3 is 10.6 Å². The third-order valence-electron chi connectivity index (χ3n) is 6.45. The molecule has 1 saturated heterocycles. The van der Waals surface area contributed by atoms with Crippen LogP contribution in [0.1, 0.15) is 32.6 Å². The molecule has 1 heterocycles. The maximum atomic E-state index is 14.0. The average Bonchev–Trinajstić information content (AvgIpc) is 3.19. The Labute approximate surface area is 220 Å². The van der Waals surface area contributed by atoms with Gasteiger partial charge in [0.1, 0.15) is 0 Å². The van der Waals surface area contributed by atoms with E-state index in [9.17, 15) is 9.59 Å².